The molecule has 2 aromatic heterocycles. The quantitative estimate of drug-likeness (QED) is 0.792. The number of para-hydroxylation sites is 2. The summed E-state index contributed by atoms with van der Waals surface area (Å²) in [5, 5.41) is 4.31. The summed E-state index contributed by atoms with van der Waals surface area (Å²) in [6.45, 7) is 4.87. The molecular weight excluding hydrogens is 314 g/mol. The SMILES string of the molecule is CC(C)n1cc(C(=O)N2CCCC[C@@H]2c2nc3ccccc3[nH]2)cn1. The smallest absolute Gasteiger partial charge is 0.257 e. The van der Waals surface area contributed by atoms with Gasteiger partial charge >= 0.3 is 0 Å². The van der Waals surface area contributed by atoms with Crippen LogP contribution in [0.5, 0.6) is 0 Å². The number of piperidine rings is 1. The van der Waals surface area contributed by atoms with E-state index in [9.17, 15) is 4.79 Å². The van der Waals surface area contributed by atoms with Crippen LogP contribution in [0.3, 0.4) is 0 Å². The van der Waals surface area contributed by atoms with Gasteiger partial charge in [-0.25, -0.2) is 4.98 Å². The average Bonchev–Trinajstić information content (AvgIpc) is 3.28. The van der Waals surface area contributed by atoms with E-state index in [2.05, 4.69) is 23.9 Å². The number of benzene rings is 1. The van der Waals surface area contributed by atoms with Crippen molar-refractivity contribution in [3.8, 4) is 0 Å². The Bertz CT molecular complexity index is 861. The topological polar surface area (TPSA) is 66.8 Å². The van der Waals surface area contributed by atoms with E-state index in [1.165, 1.54) is 0 Å². The summed E-state index contributed by atoms with van der Waals surface area (Å²) in [6, 6.07) is 8.24. The number of hydrogen-bond donors (Lipinski definition) is 1. The number of carbonyl (C=O) groups excluding carboxylic acids is 1. The zero-order valence-corrected chi connectivity index (χ0v) is 14.6. The van der Waals surface area contributed by atoms with Crippen LogP contribution in [0, 0.1) is 0 Å². The molecule has 0 unspecified atom stereocenters. The number of fused-ring (bicyclic) bond motifs is 1. The summed E-state index contributed by atoms with van der Waals surface area (Å²) in [5.41, 5.74) is 2.61. The minimum Gasteiger partial charge on any atom is -0.340 e. The van der Waals surface area contributed by atoms with Crippen molar-refractivity contribution >= 4 is 16.9 Å². The van der Waals surface area contributed by atoms with Gasteiger partial charge in [-0.05, 0) is 45.2 Å². The second kappa shape index (κ2) is 6.35. The van der Waals surface area contributed by atoms with Crippen LogP contribution < -0.4 is 0 Å². The molecule has 3 heterocycles. The zero-order valence-electron chi connectivity index (χ0n) is 14.6. The monoisotopic (exact) mass is 337 g/mol. The predicted octanol–water partition coefficient (Wildman–Crippen LogP) is 3.71. The van der Waals surface area contributed by atoms with Gasteiger partial charge in [0, 0.05) is 18.8 Å². The molecule has 1 saturated heterocycles. The third-order valence-corrected chi connectivity index (χ3v) is 4.86. The number of rotatable bonds is 3. The average molecular weight is 337 g/mol. The lowest BCUT2D eigenvalue weighted by Gasteiger charge is -2.34. The molecule has 0 bridgehead atoms. The van der Waals surface area contributed by atoms with Gasteiger partial charge in [0.25, 0.3) is 5.91 Å². The molecule has 25 heavy (non-hydrogen) atoms. The molecule has 6 heteroatoms. The van der Waals surface area contributed by atoms with Crippen molar-refractivity contribution in [3.63, 3.8) is 0 Å². The number of carbonyl (C=O) groups is 1. The number of aromatic nitrogens is 4. The molecule has 1 aromatic carbocycles. The van der Waals surface area contributed by atoms with Gasteiger partial charge < -0.3 is 9.88 Å². The van der Waals surface area contributed by atoms with Crippen molar-refractivity contribution in [1.82, 2.24) is 24.6 Å². The van der Waals surface area contributed by atoms with E-state index in [-0.39, 0.29) is 18.0 Å². The first-order valence-electron chi connectivity index (χ1n) is 8.93. The van der Waals surface area contributed by atoms with Crippen LogP contribution in [-0.4, -0.2) is 37.1 Å². The van der Waals surface area contributed by atoms with Crippen LogP contribution in [0.4, 0.5) is 0 Å². The molecule has 0 aliphatic carbocycles. The molecule has 1 N–H and O–H groups in total. The van der Waals surface area contributed by atoms with Crippen molar-refractivity contribution in [2.24, 2.45) is 0 Å². The molecule has 4 rings (SSSR count). The van der Waals surface area contributed by atoms with Crippen molar-refractivity contribution in [3.05, 3.63) is 48.0 Å². The lowest BCUT2D eigenvalue weighted by atomic mass is 10.0. The normalized spacial score (nSPS) is 18.2. The minimum atomic E-state index is -0.00366. The summed E-state index contributed by atoms with van der Waals surface area (Å²) in [6.07, 6.45) is 6.59. The fourth-order valence-electron chi connectivity index (χ4n) is 3.49. The maximum atomic E-state index is 13.1. The number of hydrogen-bond acceptors (Lipinski definition) is 3. The largest absolute Gasteiger partial charge is 0.340 e. The minimum absolute atomic E-state index is 0.00366. The zero-order chi connectivity index (χ0) is 17.4. The molecule has 1 atom stereocenters. The number of nitrogens with one attached hydrogen (secondary N) is 1. The number of H-pyrrole nitrogens is 1. The lowest BCUT2D eigenvalue weighted by Crippen LogP contribution is -2.38. The van der Waals surface area contributed by atoms with E-state index in [0.29, 0.717) is 5.56 Å². The standard InChI is InChI=1S/C19H23N5O/c1-13(2)24-12-14(11-20-24)19(25)23-10-6-5-9-17(23)18-21-15-7-3-4-8-16(15)22-18/h3-4,7-8,11-13,17H,5-6,9-10H2,1-2H3,(H,21,22)/t17-/m1/s1. The molecule has 130 valence electrons. The number of imidazole rings is 1. The van der Waals surface area contributed by atoms with Gasteiger partial charge in [0.05, 0.1) is 28.8 Å². The number of likely N-dealkylation sites (tertiary alicyclic amines) is 1. The molecule has 0 saturated carbocycles. The maximum Gasteiger partial charge on any atom is 0.257 e. The van der Waals surface area contributed by atoms with Gasteiger partial charge in [-0.1, -0.05) is 12.1 Å². The van der Waals surface area contributed by atoms with Crippen molar-refractivity contribution in [2.75, 3.05) is 6.54 Å². The molecule has 1 amide bonds. The Morgan fingerprint density at radius 3 is 2.88 bits per heavy atom. The van der Waals surface area contributed by atoms with Crippen molar-refractivity contribution in [1.29, 1.82) is 0 Å². The highest BCUT2D eigenvalue weighted by atomic mass is 16.2. The van der Waals surface area contributed by atoms with Crippen LogP contribution in [-0.2, 0) is 0 Å². The Kier molecular flexibility index (Phi) is 4.03. The van der Waals surface area contributed by atoms with Crippen molar-refractivity contribution in [2.45, 2.75) is 45.2 Å². The van der Waals surface area contributed by atoms with Gasteiger partial charge in [0.15, 0.2) is 0 Å². The van der Waals surface area contributed by atoms with Gasteiger partial charge in [0.2, 0.25) is 0 Å². The van der Waals surface area contributed by atoms with E-state index < -0.39 is 0 Å². The Balaban J connectivity index is 1.64. The van der Waals surface area contributed by atoms with E-state index in [4.69, 9.17) is 4.98 Å². The summed E-state index contributed by atoms with van der Waals surface area (Å²) in [4.78, 5) is 23.1. The third kappa shape index (κ3) is 2.92. The number of nitrogens with zero attached hydrogens (tertiary/aromatic N) is 4. The van der Waals surface area contributed by atoms with E-state index in [1.54, 1.807) is 6.20 Å². The Labute approximate surface area is 146 Å². The highest BCUT2D eigenvalue weighted by Gasteiger charge is 2.31. The van der Waals surface area contributed by atoms with Gasteiger partial charge in [-0.2, -0.15) is 5.10 Å². The molecule has 3 aromatic rings. The first-order valence-corrected chi connectivity index (χ1v) is 8.93. The molecular formula is C19H23N5O. The second-order valence-corrected chi connectivity index (χ2v) is 6.95. The molecule has 6 nitrogen and oxygen atoms in total. The molecule has 0 spiro atoms. The van der Waals surface area contributed by atoms with Gasteiger partial charge in [-0.3, -0.25) is 9.48 Å². The summed E-state index contributed by atoms with van der Waals surface area (Å²) in [5.74, 6) is 0.919. The Hall–Kier alpha value is -2.63. The van der Waals surface area contributed by atoms with E-state index >= 15 is 0 Å². The Morgan fingerprint density at radius 2 is 2.12 bits per heavy atom. The van der Waals surface area contributed by atoms with Crippen LogP contribution >= 0.6 is 0 Å². The number of aromatic amines is 1. The molecule has 0 radical (unpaired) electrons. The third-order valence-electron chi connectivity index (χ3n) is 4.86. The second-order valence-electron chi connectivity index (χ2n) is 6.95. The van der Waals surface area contributed by atoms with Crippen molar-refractivity contribution < 1.29 is 4.79 Å². The molecule has 1 aliphatic rings. The first kappa shape index (κ1) is 15.9. The molecule has 1 fully saturated rings. The van der Waals surface area contributed by atoms with E-state index in [0.717, 1.165) is 42.7 Å². The van der Waals surface area contributed by atoms with Crippen LogP contribution in [0.1, 0.15) is 61.4 Å². The molecule has 1 aliphatic heterocycles. The van der Waals surface area contributed by atoms with Crippen LogP contribution in [0.25, 0.3) is 11.0 Å². The Morgan fingerprint density at radius 1 is 1.28 bits per heavy atom. The summed E-state index contributed by atoms with van der Waals surface area (Å²) in [7, 11) is 0. The highest BCUT2D eigenvalue weighted by molar-refractivity contribution is 5.94. The summed E-state index contributed by atoms with van der Waals surface area (Å²) < 4.78 is 1.83. The first-order chi connectivity index (χ1) is 12.1. The van der Waals surface area contributed by atoms with Gasteiger partial charge in [-0.15, -0.1) is 0 Å². The number of amides is 1. The lowest BCUT2D eigenvalue weighted by molar-refractivity contribution is 0.0601. The maximum absolute atomic E-state index is 13.1. The van der Waals surface area contributed by atoms with Crippen LogP contribution in [0.2, 0.25) is 0 Å². The predicted molar refractivity (Wildman–Crippen MR) is 96.3 cm³/mol. The van der Waals surface area contributed by atoms with Crippen LogP contribution in [0.15, 0.2) is 36.7 Å². The van der Waals surface area contributed by atoms with Gasteiger partial charge in [0.1, 0.15) is 5.82 Å². The fraction of sp³-hybridized carbons (Fsp3) is 0.421. The van der Waals surface area contributed by atoms with E-state index in [1.807, 2.05) is 40.0 Å². The highest BCUT2D eigenvalue weighted by Crippen LogP contribution is 2.31. The fourth-order valence-corrected chi connectivity index (χ4v) is 3.49. The summed E-state index contributed by atoms with van der Waals surface area (Å²) >= 11 is 0.